The molecule has 0 bridgehead atoms. The minimum Gasteiger partial charge on any atom is -0.387 e. The molecule has 18 heavy (non-hydrogen) atoms. The molecule has 3 rings (SSSR count). The van der Waals surface area contributed by atoms with Crippen LogP contribution in [0.1, 0.15) is 22.1 Å². The number of aliphatic hydroxyl groups excluding tert-OH is 1. The molecule has 4 heteroatoms. The van der Waals surface area contributed by atoms with Crippen molar-refractivity contribution in [3.63, 3.8) is 0 Å². The summed E-state index contributed by atoms with van der Waals surface area (Å²) in [5.74, 6) is 0.305. The fourth-order valence-electron chi connectivity index (χ4n) is 2.56. The van der Waals surface area contributed by atoms with E-state index in [0.29, 0.717) is 5.92 Å². The minimum atomic E-state index is -0.370. The molecule has 0 radical (unpaired) electrons. The van der Waals surface area contributed by atoms with Crippen LogP contribution in [0.3, 0.4) is 0 Å². The average Bonchev–Trinajstić information content (AvgIpc) is 2.93. The number of fused-ring (bicyclic) bond motifs is 1. The highest BCUT2D eigenvalue weighted by Gasteiger charge is 2.29. The maximum Gasteiger partial charge on any atom is 0.0917 e. The number of halogens is 2. The van der Waals surface area contributed by atoms with E-state index >= 15 is 0 Å². The van der Waals surface area contributed by atoms with Gasteiger partial charge in [-0.1, -0.05) is 24.3 Å². The zero-order valence-corrected chi connectivity index (χ0v) is 13.6. The van der Waals surface area contributed by atoms with Gasteiger partial charge in [0.2, 0.25) is 0 Å². The average molecular weight is 388 g/mol. The number of aliphatic hydroxyl groups is 1. The fourth-order valence-corrected chi connectivity index (χ4v) is 4.73. The number of benzene rings is 1. The second kappa shape index (κ2) is 5.08. The monoisotopic (exact) mass is 386 g/mol. The SMILES string of the molecule is OC(c1cc(Br)c(Br)s1)C1Cc2ccccc2C1. The Kier molecular flexibility index (Phi) is 3.63. The topological polar surface area (TPSA) is 20.2 Å². The van der Waals surface area contributed by atoms with Crippen LogP contribution >= 0.6 is 43.2 Å². The van der Waals surface area contributed by atoms with Gasteiger partial charge in [0.25, 0.3) is 0 Å². The minimum absolute atomic E-state index is 0.305. The first kappa shape index (κ1) is 12.9. The maximum absolute atomic E-state index is 10.5. The van der Waals surface area contributed by atoms with Crippen molar-refractivity contribution in [1.29, 1.82) is 0 Å². The van der Waals surface area contributed by atoms with E-state index in [1.54, 1.807) is 11.3 Å². The molecule has 94 valence electrons. The second-order valence-corrected chi connectivity index (χ2v) is 7.91. The van der Waals surface area contributed by atoms with Gasteiger partial charge in [0.1, 0.15) is 0 Å². The molecule has 1 aliphatic carbocycles. The molecule has 1 atom stereocenters. The predicted molar refractivity (Wildman–Crippen MR) is 82.0 cm³/mol. The van der Waals surface area contributed by atoms with E-state index < -0.39 is 0 Å². The molecule has 0 saturated heterocycles. The van der Waals surface area contributed by atoms with Gasteiger partial charge in [-0.3, -0.25) is 0 Å². The molecular formula is C14H12Br2OS. The Morgan fingerprint density at radius 3 is 2.28 bits per heavy atom. The van der Waals surface area contributed by atoms with Crippen molar-refractivity contribution in [2.24, 2.45) is 5.92 Å². The molecule has 0 fully saturated rings. The molecule has 2 aromatic rings. The number of hydrogen-bond acceptors (Lipinski definition) is 2. The van der Waals surface area contributed by atoms with Gasteiger partial charge in [-0.25, -0.2) is 0 Å². The van der Waals surface area contributed by atoms with Gasteiger partial charge < -0.3 is 5.11 Å². The summed E-state index contributed by atoms with van der Waals surface area (Å²) in [4.78, 5) is 1.03. The summed E-state index contributed by atoms with van der Waals surface area (Å²) in [5, 5.41) is 10.5. The van der Waals surface area contributed by atoms with Crippen molar-refractivity contribution >= 4 is 43.2 Å². The van der Waals surface area contributed by atoms with Gasteiger partial charge in [0.05, 0.1) is 9.89 Å². The van der Waals surface area contributed by atoms with Crippen LogP contribution in [0.4, 0.5) is 0 Å². The van der Waals surface area contributed by atoms with Crippen LogP contribution < -0.4 is 0 Å². The third kappa shape index (κ3) is 2.31. The molecule has 0 saturated carbocycles. The van der Waals surface area contributed by atoms with E-state index in [1.165, 1.54) is 11.1 Å². The summed E-state index contributed by atoms with van der Waals surface area (Å²) < 4.78 is 2.07. The van der Waals surface area contributed by atoms with Gasteiger partial charge >= 0.3 is 0 Å². The van der Waals surface area contributed by atoms with Crippen molar-refractivity contribution in [2.45, 2.75) is 18.9 Å². The van der Waals surface area contributed by atoms with Gasteiger partial charge in [-0.2, -0.15) is 0 Å². The second-order valence-electron chi connectivity index (χ2n) is 4.65. The summed E-state index contributed by atoms with van der Waals surface area (Å²) >= 11 is 8.56. The zero-order valence-electron chi connectivity index (χ0n) is 9.57. The maximum atomic E-state index is 10.5. The standard InChI is InChI=1S/C14H12Br2OS/c15-11-7-12(18-14(11)16)13(17)10-5-8-3-1-2-4-9(8)6-10/h1-4,7,10,13,17H,5-6H2. The quantitative estimate of drug-likeness (QED) is 0.790. The van der Waals surface area contributed by atoms with E-state index in [-0.39, 0.29) is 6.10 Å². The highest BCUT2D eigenvalue weighted by Crippen LogP contribution is 2.41. The van der Waals surface area contributed by atoms with E-state index in [2.05, 4.69) is 56.1 Å². The molecule has 1 N–H and O–H groups in total. The highest BCUT2D eigenvalue weighted by molar-refractivity contribution is 9.13. The van der Waals surface area contributed by atoms with Gasteiger partial charge in [0, 0.05) is 9.35 Å². The molecule has 1 nitrogen and oxygen atoms in total. The number of rotatable bonds is 2. The lowest BCUT2D eigenvalue weighted by Gasteiger charge is -2.15. The Morgan fingerprint density at radius 2 is 1.78 bits per heavy atom. The van der Waals surface area contributed by atoms with Gasteiger partial charge in [0.15, 0.2) is 0 Å². The smallest absolute Gasteiger partial charge is 0.0917 e. The molecule has 0 aliphatic heterocycles. The van der Waals surface area contributed by atoms with Crippen molar-refractivity contribution < 1.29 is 5.11 Å². The number of hydrogen-bond donors (Lipinski definition) is 1. The molecule has 1 heterocycles. The Morgan fingerprint density at radius 1 is 1.17 bits per heavy atom. The Labute approximate surface area is 127 Å². The van der Waals surface area contributed by atoms with Crippen LogP contribution in [0.5, 0.6) is 0 Å². The van der Waals surface area contributed by atoms with Gasteiger partial charge in [-0.15, -0.1) is 11.3 Å². The molecule has 1 aromatic carbocycles. The van der Waals surface area contributed by atoms with Gasteiger partial charge in [-0.05, 0) is 67.8 Å². The third-order valence-electron chi connectivity index (χ3n) is 3.48. The first-order valence-electron chi connectivity index (χ1n) is 5.84. The Hall–Kier alpha value is -0.160. The van der Waals surface area contributed by atoms with Crippen molar-refractivity contribution in [1.82, 2.24) is 0 Å². The van der Waals surface area contributed by atoms with Crippen LogP contribution in [-0.4, -0.2) is 5.11 Å². The first-order valence-corrected chi connectivity index (χ1v) is 8.25. The van der Waals surface area contributed by atoms with E-state index in [0.717, 1.165) is 26.0 Å². The summed E-state index contributed by atoms with van der Waals surface area (Å²) in [6.45, 7) is 0. The predicted octanol–water partition coefficient (Wildman–Crippen LogP) is 4.72. The van der Waals surface area contributed by atoms with Crippen LogP contribution in [0.15, 0.2) is 38.6 Å². The summed E-state index contributed by atoms with van der Waals surface area (Å²) in [7, 11) is 0. The number of thiophene rings is 1. The van der Waals surface area contributed by atoms with E-state index in [4.69, 9.17) is 0 Å². The van der Waals surface area contributed by atoms with Crippen LogP contribution in [-0.2, 0) is 12.8 Å². The van der Waals surface area contributed by atoms with E-state index in [1.807, 2.05) is 6.07 Å². The van der Waals surface area contributed by atoms with Crippen LogP contribution in [0.2, 0.25) is 0 Å². The van der Waals surface area contributed by atoms with Crippen LogP contribution in [0.25, 0.3) is 0 Å². The Bertz CT molecular complexity index is 534. The Balaban J connectivity index is 1.82. The molecule has 0 spiro atoms. The van der Waals surface area contributed by atoms with Crippen molar-refractivity contribution in [3.05, 3.63) is 54.6 Å². The molecule has 0 amide bonds. The normalized spacial score (nSPS) is 16.8. The molecule has 1 unspecified atom stereocenters. The lowest BCUT2D eigenvalue weighted by atomic mass is 9.98. The summed E-state index contributed by atoms with van der Waals surface area (Å²) in [5.41, 5.74) is 2.77. The summed E-state index contributed by atoms with van der Waals surface area (Å²) in [6.07, 6.45) is 1.58. The third-order valence-corrected chi connectivity index (χ3v) is 6.81. The van der Waals surface area contributed by atoms with Crippen molar-refractivity contribution in [2.75, 3.05) is 0 Å². The van der Waals surface area contributed by atoms with E-state index in [9.17, 15) is 5.11 Å². The molecule has 1 aliphatic rings. The molecular weight excluding hydrogens is 376 g/mol. The summed E-state index contributed by atoms with van der Waals surface area (Å²) in [6, 6.07) is 10.5. The van der Waals surface area contributed by atoms with Crippen molar-refractivity contribution in [3.8, 4) is 0 Å². The first-order chi connectivity index (χ1) is 8.65. The largest absolute Gasteiger partial charge is 0.387 e. The zero-order chi connectivity index (χ0) is 12.7. The molecule has 1 aromatic heterocycles. The lowest BCUT2D eigenvalue weighted by molar-refractivity contribution is 0.117. The highest BCUT2D eigenvalue weighted by atomic mass is 79.9. The fraction of sp³-hybridized carbons (Fsp3) is 0.286. The van der Waals surface area contributed by atoms with Crippen LogP contribution in [0, 0.1) is 5.92 Å². The lowest BCUT2D eigenvalue weighted by Crippen LogP contribution is -2.11.